The molecular weight excluding hydrogens is 648 g/mol. The number of carbonyl (C=O) groups excluding carboxylic acids is 1. The Balaban J connectivity index is 1.67. The van der Waals surface area contributed by atoms with Crippen LogP contribution in [0.5, 0.6) is 11.5 Å². The summed E-state index contributed by atoms with van der Waals surface area (Å²) >= 11 is 3.52. The first kappa shape index (κ1) is 33.3. The van der Waals surface area contributed by atoms with Crippen LogP contribution in [-0.4, -0.2) is 49.4 Å². The molecule has 3 aromatic rings. The molecule has 1 heterocycles. The van der Waals surface area contributed by atoms with E-state index in [1.165, 1.54) is 30.3 Å². The third-order valence-electron chi connectivity index (χ3n) is 7.96. The number of anilines is 2. The third kappa shape index (κ3) is 7.92. The molecular formula is C33H39BrN2O7S. The molecule has 1 aliphatic heterocycles. The van der Waals surface area contributed by atoms with Gasteiger partial charge in [-0.1, -0.05) is 69.9 Å². The van der Waals surface area contributed by atoms with Crippen molar-refractivity contribution in [3.05, 3.63) is 76.8 Å². The summed E-state index contributed by atoms with van der Waals surface area (Å²) in [5.41, 5.74) is 1.24. The summed E-state index contributed by atoms with van der Waals surface area (Å²) < 4.78 is 34.6. The molecule has 0 aliphatic carbocycles. The molecule has 3 aromatic carbocycles. The number of nitrogens with zero attached hydrogens (tertiary/aromatic N) is 1. The van der Waals surface area contributed by atoms with Gasteiger partial charge >= 0.3 is 5.97 Å². The maximum absolute atomic E-state index is 14.2. The number of phenolic OH excluding ortho intramolecular Hbond substituents is 1. The minimum atomic E-state index is -3.78. The van der Waals surface area contributed by atoms with Crippen molar-refractivity contribution in [3.63, 3.8) is 0 Å². The zero-order valence-electron chi connectivity index (χ0n) is 25.0. The molecule has 44 heavy (non-hydrogen) atoms. The number of aliphatic carboxylic acids is 1. The van der Waals surface area contributed by atoms with Crippen molar-refractivity contribution in [1.29, 1.82) is 0 Å². The van der Waals surface area contributed by atoms with E-state index in [1.54, 1.807) is 6.07 Å². The second-order valence-electron chi connectivity index (χ2n) is 11.4. The lowest BCUT2D eigenvalue weighted by Gasteiger charge is -2.37. The van der Waals surface area contributed by atoms with E-state index >= 15 is 0 Å². The number of unbranched alkanes of at least 4 members (excludes halogenated alkanes) is 2. The highest BCUT2D eigenvalue weighted by Gasteiger charge is 2.42. The van der Waals surface area contributed by atoms with Gasteiger partial charge in [-0.2, -0.15) is 0 Å². The molecule has 0 aromatic heterocycles. The smallest absolute Gasteiger partial charge is 0.330 e. The van der Waals surface area contributed by atoms with Crippen LogP contribution in [0.4, 0.5) is 11.4 Å². The molecule has 0 radical (unpaired) electrons. The number of nitrogens with one attached hydrogen (secondary N) is 1. The second kappa shape index (κ2) is 14.5. The number of hydrogen-bond donors (Lipinski definition) is 3. The molecule has 0 bridgehead atoms. The number of aromatic hydroxyl groups is 1. The van der Waals surface area contributed by atoms with Crippen LogP contribution in [0.1, 0.15) is 64.0 Å². The monoisotopic (exact) mass is 686 g/mol. The van der Waals surface area contributed by atoms with Gasteiger partial charge < -0.3 is 25.2 Å². The number of fused-ring (bicyclic) bond motifs is 1. The van der Waals surface area contributed by atoms with Crippen molar-refractivity contribution < 1.29 is 33.0 Å². The summed E-state index contributed by atoms with van der Waals surface area (Å²) in [6, 6.07) is 17.0. The minimum absolute atomic E-state index is 0.00478. The van der Waals surface area contributed by atoms with Crippen LogP contribution >= 0.6 is 15.9 Å². The number of amides is 1. The molecule has 3 N–H and O–H groups in total. The van der Waals surface area contributed by atoms with Gasteiger partial charge in [-0.25, -0.2) is 13.2 Å². The highest BCUT2D eigenvalue weighted by molar-refractivity contribution is 9.10. The van der Waals surface area contributed by atoms with Crippen molar-refractivity contribution in [3.8, 4) is 11.5 Å². The molecule has 9 nitrogen and oxygen atoms in total. The van der Waals surface area contributed by atoms with Crippen molar-refractivity contribution >= 4 is 49.0 Å². The lowest BCUT2D eigenvalue weighted by Crippen LogP contribution is -2.38. The van der Waals surface area contributed by atoms with Gasteiger partial charge in [0.15, 0.2) is 22.5 Å². The quantitative estimate of drug-likeness (QED) is 0.179. The van der Waals surface area contributed by atoms with E-state index in [4.69, 9.17) is 4.74 Å². The van der Waals surface area contributed by atoms with Gasteiger partial charge in [0.25, 0.3) is 5.91 Å². The van der Waals surface area contributed by atoms with Gasteiger partial charge in [-0.3, -0.25) is 4.79 Å². The number of sulfone groups is 1. The maximum atomic E-state index is 14.2. The predicted octanol–water partition coefficient (Wildman–Crippen LogP) is 6.77. The SMILES string of the molecule is CCCCC1(CCCC)CN(c2ccccc2)c2cc(Br)c(OCC(=O)N[C@@H](C(=O)O)c3ccc(O)cc3)cc2S(=O)(=O)C1. The van der Waals surface area contributed by atoms with Crippen LogP contribution in [0.2, 0.25) is 0 Å². The average molecular weight is 688 g/mol. The Morgan fingerprint density at radius 3 is 2.25 bits per heavy atom. The van der Waals surface area contributed by atoms with Crippen molar-refractivity contribution in [2.45, 2.75) is 63.3 Å². The van der Waals surface area contributed by atoms with Gasteiger partial charge in [0.2, 0.25) is 0 Å². The van der Waals surface area contributed by atoms with Gasteiger partial charge in [-0.05, 0) is 64.7 Å². The normalized spacial score (nSPS) is 15.9. The average Bonchev–Trinajstić information content (AvgIpc) is 3.09. The number of phenols is 1. The first-order valence-electron chi connectivity index (χ1n) is 14.8. The largest absolute Gasteiger partial charge is 0.508 e. The zero-order chi connectivity index (χ0) is 31.9. The summed E-state index contributed by atoms with van der Waals surface area (Å²) in [5, 5.41) is 21.6. The Labute approximate surface area is 267 Å². The Morgan fingerprint density at radius 1 is 1.02 bits per heavy atom. The number of hydrogen-bond acceptors (Lipinski definition) is 7. The third-order valence-corrected chi connectivity index (χ3v) is 10.6. The van der Waals surface area contributed by atoms with E-state index in [2.05, 4.69) is 40.0 Å². The van der Waals surface area contributed by atoms with E-state index < -0.39 is 39.8 Å². The topological polar surface area (TPSA) is 133 Å². The number of para-hydroxylation sites is 1. The van der Waals surface area contributed by atoms with Crippen LogP contribution < -0.4 is 15.0 Å². The number of carboxylic acid groups (broad SMARTS) is 1. The van der Waals surface area contributed by atoms with E-state index in [0.29, 0.717) is 16.7 Å². The fourth-order valence-corrected chi connectivity index (χ4v) is 8.27. The van der Waals surface area contributed by atoms with Crippen LogP contribution in [0.25, 0.3) is 0 Å². The Kier molecular flexibility index (Phi) is 11.0. The fourth-order valence-electron chi connectivity index (χ4n) is 5.71. The van der Waals surface area contributed by atoms with E-state index in [1.807, 2.05) is 30.3 Å². The summed E-state index contributed by atoms with van der Waals surface area (Å²) in [4.78, 5) is 26.8. The van der Waals surface area contributed by atoms with Crippen molar-refractivity contribution in [2.75, 3.05) is 23.8 Å². The molecule has 11 heteroatoms. The Morgan fingerprint density at radius 2 is 1.66 bits per heavy atom. The summed E-state index contributed by atoms with van der Waals surface area (Å²) in [5.74, 6) is -1.86. The van der Waals surface area contributed by atoms with Gasteiger partial charge in [0, 0.05) is 23.7 Å². The molecule has 1 atom stereocenters. The molecule has 1 aliphatic rings. The Hall–Kier alpha value is -3.57. The van der Waals surface area contributed by atoms with Gasteiger partial charge in [0.1, 0.15) is 11.5 Å². The van der Waals surface area contributed by atoms with E-state index in [9.17, 15) is 28.2 Å². The van der Waals surface area contributed by atoms with Gasteiger partial charge in [0.05, 0.1) is 20.8 Å². The number of carboxylic acids is 1. The lowest BCUT2D eigenvalue weighted by molar-refractivity contribution is -0.142. The molecule has 0 unspecified atom stereocenters. The highest BCUT2D eigenvalue weighted by Crippen LogP contribution is 2.47. The molecule has 4 rings (SSSR count). The van der Waals surface area contributed by atoms with Crippen LogP contribution in [0.15, 0.2) is 76.1 Å². The van der Waals surface area contributed by atoms with Crippen molar-refractivity contribution in [2.24, 2.45) is 5.41 Å². The van der Waals surface area contributed by atoms with E-state index in [0.717, 1.165) is 44.2 Å². The maximum Gasteiger partial charge on any atom is 0.330 e. The number of halogens is 1. The van der Waals surface area contributed by atoms with E-state index in [-0.39, 0.29) is 27.7 Å². The summed E-state index contributed by atoms with van der Waals surface area (Å²) in [6.45, 7) is 4.23. The van der Waals surface area contributed by atoms with Crippen LogP contribution in [0, 0.1) is 5.41 Å². The predicted molar refractivity (Wildman–Crippen MR) is 173 cm³/mol. The fraction of sp³-hybridized carbons (Fsp3) is 0.394. The van der Waals surface area contributed by atoms with Crippen molar-refractivity contribution in [1.82, 2.24) is 5.32 Å². The standard InChI is InChI=1S/C33H39BrN2O7S/c1-3-5-16-33(17-6-4-2)21-36(24-10-8-7-9-11-24)27-18-26(34)28(19-29(27)44(41,42)22-33)43-20-30(38)35-31(32(39)40)23-12-14-25(37)15-13-23/h7-15,18-19,31,37H,3-6,16-17,20-22H2,1-2H3,(H,35,38)(H,39,40)/t31-/m1/s1. The zero-order valence-corrected chi connectivity index (χ0v) is 27.4. The molecule has 0 fully saturated rings. The molecule has 1 amide bonds. The molecule has 0 spiro atoms. The summed E-state index contributed by atoms with van der Waals surface area (Å²) in [6.07, 6.45) is 5.35. The molecule has 0 saturated carbocycles. The number of carbonyl (C=O) groups is 2. The summed E-state index contributed by atoms with van der Waals surface area (Å²) in [7, 11) is -3.78. The first-order valence-corrected chi connectivity index (χ1v) is 17.3. The molecule has 0 saturated heterocycles. The van der Waals surface area contributed by atoms with Crippen LogP contribution in [0.3, 0.4) is 0 Å². The van der Waals surface area contributed by atoms with Gasteiger partial charge in [-0.15, -0.1) is 0 Å². The molecule has 236 valence electrons. The number of benzene rings is 3. The van der Waals surface area contributed by atoms with Crippen LogP contribution in [-0.2, 0) is 19.4 Å². The second-order valence-corrected chi connectivity index (χ2v) is 14.2. The minimum Gasteiger partial charge on any atom is -0.508 e. The number of ether oxygens (including phenoxy) is 1. The Bertz CT molecular complexity index is 1550. The highest BCUT2D eigenvalue weighted by atomic mass is 79.9. The number of rotatable bonds is 13. The first-order chi connectivity index (χ1) is 21.0. The lowest BCUT2D eigenvalue weighted by atomic mass is 9.79.